The maximum Gasteiger partial charge on any atom is 1.00 e. The van der Waals surface area contributed by atoms with Crippen molar-refractivity contribution >= 4 is 30.1 Å². The van der Waals surface area contributed by atoms with Crippen LogP contribution in [0.15, 0.2) is 0 Å². The molecule has 7 heavy (non-hydrogen) atoms. The van der Waals surface area contributed by atoms with Crippen LogP contribution >= 0.6 is 24.0 Å². The molecule has 0 bridgehead atoms. The van der Waals surface area contributed by atoms with E-state index in [1.54, 1.807) is 0 Å². The second kappa shape index (κ2) is 15.7. The molecule has 6 heteroatoms. The molecule has 0 amide bonds. The van der Waals surface area contributed by atoms with Crippen LogP contribution in [0.5, 0.6) is 0 Å². The van der Waals surface area contributed by atoms with Crippen molar-refractivity contribution in [1.29, 1.82) is 0 Å². The fraction of sp³-hybridized carbons (Fsp3) is 0. The summed E-state index contributed by atoms with van der Waals surface area (Å²) in [7, 11) is 0. The van der Waals surface area contributed by atoms with Gasteiger partial charge in [-0.25, -0.2) is 4.79 Å². The van der Waals surface area contributed by atoms with E-state index < -0.39 is 6.16 Å². The van der Waals surface area contributed by atoms with Crippen molar-refractivity contribution in [3.8, 4) is 0 Å². The van der Waals surface area contributed by atoms with E-state index in [1.165, 1.54) is 0 Å². The Morgan fingerprint density at radius 1 is 1.29 bits per heavy atom. The zero-order valence-electron chi connectivity index (χ0n) is 6.21. The summed E-state index contributed by atoms with van der Waals surface area (Å²) >= 11 is 0. The van der Waals surface area contributed by atoms with E-state index >= 15 is 0 Å². The maximum absolute atomic E-state index is 8.56. The molecule has 0 atom stereocenters. The Balaban J connectivity index is -0.00000000450. The van der Waals surface area contributed by atoms with Crippen LogP contribution in [0, 0.1) is 0 Å². The molecule has 0 aromatic heterocycles. The van der Waals surface area contributed by atoms with Gasteiger partial charge < -0.3 is 13.1 Å². The van der Waals surface area contributed by atoms with Gasteiger partial charge in [-0.2, -0.15) is 0 Å². The molecule has 0 radical (unpaired) electrons. The van der Waals surface area contributed by atoms with Crippen LogP contribution in [0.25, 0.3) is 0 Å². The van der Waals surface area contributed by atoms with Crippen LogP contribution in [-0.4, -0.2) is 16.4 Å². The van der Waals surface area contributed by atoms with Crippen molar-refractivity contribution in [3.05, 3.63) is 0 Å². The molecule has 3 nitrogen and oxygen atoms in total. The number of halogens is 1. The minimum Gasteiger partial charge on any atom is -1.00 e. The van der Waals surface area contributed by atoms with Crippen LogP contribution in [0.3, 0.4) is 0 Å². The minimum absolute atomic E-state index is 0. The molecule has 0 aliphatic heterocycles. The number of carbonyl (C=O) groups is 1. The van der Waals surface area contributed by atoms with Crippen LogP contribution < -0.4 is 37.7 Å². The molecule has 0 spiro atoms. The molecule has 36 valence electrons. The quantitative estimate of drug-likeness (QED) is 0.308. The minimum atomic E-state index is -1.83. The topological polar surface area (TPSA) is 57.5 Å². The van der Waals surface area contributed by atoms with Gasteiger partial charge in [0.2, 0.25) is 0 Å². The largest absolute Gasteiger partial charge is 1.00 e. The fourth-order valence-corrected chi connectivity index (χ4v) is 0. The maximum atomic E-state index is 8.56. The first-order valence-electron chi connectivity index (χ1n) is 0.651. The van der Waals surface area contributed by atoms with E-state index in [2.05, 4.69) is 0 Å². The number of carboxylic acid groups (broad SMARTS) is 2. The Kier molecular flexibility index (Phi) is 54.0. The smallest absolute Gasteiger partial charge is 1.00 e. The summed E-state index contributed by atoms with van der Waals surface area (Å²) in [6, 6.07) is 0. The van der Waals surface area contributed by atoms with Crippen molar-refractivity contribution in [3.63, 3.8) is 0 Å². The van der Waals surface area contributed by atoms with E-state index in [9.17, 15) is 0 Å². The predicted octanol–water partition coefficient (Wildman–Crippen LogP) is -4.93. The first-order chi connectivity index (χ1) is 1.73. The second-order valence-electron chi connectivity index (χ2n) is 0.283. The molecule has 0 aromatic rings. The molecule has 0 heterocycles. The first kappa shape index (κ1) is 24.1. The molecule has 2 N–H and O–H groups in total. The summed E-state index contributed by atoms with van der Waals surface area (Å²) in [4.78, 5) is 8.56. The van der Waals surface area contributed by atoms with Crippen molar-refractivity contribution in [2.45, 2.75) is 0 Å². The van der Waals surface area contributed by atoms with Crippen molar-refractivity contribution in [2.24, 2.45) is 0 Å². The average molecular weight is 206 g/mol. The third kappa shape index (κ3) is 136. The van der Waals surface area contributed by atoms with Gasteiger partial charge in [-0.1, -0.05) is 0 Å². The van der Waals surface area contributed by atoms with E-state index in [-0.39, 0.29) is 64.6 Å². The first-order valence-corrected chi connectivity index (χ1v) is 0.651. The zero-order chi connectivity index (χ0) is 3.58. The molecule has 0 aliphatic rings. The van der Waals surface area contributed by atoms with Crippen LogP contribution in [-0.2, 0) is 0 Å². The molecule has 0 aliphatic carbocycles. The third-order valence-electron chi connectivity index (χ3n) is 0. The van der Waals surface area contributed by atoms with E-state index in [0.29, 0.717) is 0 Å². The summed E-state index contributed by atoms with van der Waals surface area (Å²) in [5.74, 6) is 0. The van der Waals surface area contributed by atoms with Crippen molar-refractivity contribution in [1.82, 2.24) is 0 Å². The molecule has 0 rings (SSSR count). The summed E-state index contributed by atoms with van der Waals surface area (Å²) in [6.07, 6.45) is -1.83. The molecule has 0 aromatic carbocycles. The van der Waals surface area contributed by atoms with E-state index in [4.69, 9.17) is 15.0 Å². The van der Waals surface area contributed by atoms with Gasteiger partial charge in [0.15, 0.2) is 0 Å². The van der Waals surface area contributed by atoms with Gasteiger partial charge in [-0.15, -0.1) is 24.0 Å². The Labute approximate surface area is 85.2 Å². The standard InChI is InChI=1S/CH2O3.HI.2Li.2H/c2-1(3)4;;;;;/h(H2,2,3,4);1H;;;;/q;;2*+1;2*-1. The van der Waals surface area contributed by atoms with Crippen LogP contribution in [0.1, 0.15) is 2.85 Å². The van der Waals surface area contributed by atoms with Gasteiger partial charge >= 0.3 is 43.9 Å². The predicted molar refractivity (Wildman–Crippen MR) is 28.3 cm³/mol. The Morgan fingerprint density at radius 3 is 1.29 bits per heavy atom. The van der Waals surface area contributed by atoms with Crippen LogP contribution in [0.4, 0.5) is 4.79 Å². The van der Waals surface area contributed by atoms with Crippen molar-refractivity contribution in [2.75, 3.05) is 0 Å². The molecular weight excluding hydrogens is 201 g/mol. The normalized spacial score (nSPS) is 3.43. The monoisotopic (exact) mass is 206 g/mol. The molecule has 0 unspecified atom stereocenters. The van der Waals surface area contributed by atoms with Gasteiger partial charge in [0, 0.05) is 0 Å². The SMILES string of the molecule is I.O=C(O)O.[H-].[H-].[Li+].[Li+]. The van der Waals surface area contributed by atoms with Gasteiger partial charge in [-0.05, 0) is 0 Å². The Hall–Kier alpha value is 1.19. The van der Waals surface area contributed by atoms with Gasteiger partial charge in [0.05, 0.1) is 0 Å². The number of rotatable bonds is 0. The zero-order valence-corrected chi connectivity index (χ0v) is 6.54. The molecule has 0 saturated heterocycles. The van der Waals surface area contributed by atoms with E-state index in [0.717, 1.165) is 0 Å². The molecule has 0 fully saturated rings. The molecule has 0 saturated carbocycles. The van der Waals surface area contributed by atoms with Gasteiger partial charge in [-0.3, -0.25) is 0 Å². The fourth-order valence-electron chi connectivity index (χ4n) is 0. The van der Waals surface area contributed by atoms with Crippen LogP contribution in [0.2, 0.25) is 0 Å². The summed E-state index contributed by atoms with van der Waals surface area (Å²) in [5.41, 5.74) is 0. The third-order valence-corrected chi connectivity index (χ3v) is 0. The Bertz CT molecular complexity index is 42.8. The van der Waals surface area contributed by atoms with E-state index in [1.807, 2.05) is 0 Å². The summed E-state index contributed by atoms with van der Waals surface area (Å²) in [5, 5.41) is 13.9. The van der Waals surface area contributed by atoms with Gasteiger partial charge in [0.25, 0.3) is 0 Å². The number of hydrogen-bond acceptors (Lipinski definition) is 1. The Morgan fingerprint density at radius 2 is 1.29 bits per heavy atom. The second-order valence-corrected chi connectivity index (χ2v) is 0.283. The average Bonchev–Trinajstić information content (AvgIpc) is 0.811. The summed E-state index contributed by atoms with van der Waals surface area (Å²) in [6.45, 7) is 0. The summed E-state index contributed by atoms with van der Waals surface area (Å²) < 4.78 is 0. The molecular formula is CH5ILi2O3. The van der Waals surface area contributed by atoms with Crippen molar-refractivity contribution < 1.29 is 55.6 Å². The number of hydrogen-bond donors (Lipinski definition) is 2. The van der Waals surface area contributed by atoms with Gasteiger partial charge in [0.1, 0.15) is 0 Å².